The van der Waals surface area contributed by atoms with Crippen LogP contribution in [0.25, 0.3) is 0 Å². The van der Waals surface area contributed by atoms with Gasteiger partial charge in [0, 0.05) is 12.2 Å². The number of carbonyl (C=O) groups is 2. The molecule has 0 aromatic heterocycles. The van der Waals surface area contributed by atoms with E-state index in [0.717, 1.165) is 18.5 Å². The molecular weight excluding hydrogens is 318 g/mol. The van der Waals surface area contributed by atoms with E-state index in [1.54, 1.807) is 36.1 Å². The Labute approximate surface area is 147 Å². The average Bonchev–Trinajstić information content (AvgIpc) is 2.66. The van der Waals surface area contributed by atoms with Gasteiger partial charge < -0.3 is 14.4 Å². The fourth-order valence-corrected chi connectivity index (χ4v) is 2.92. The van der Waals surface area contributed by atoms with Crippen molar-refractivity contribution in [3.8, 4) is 5.75 Å². The standard InChI is InChI=1S/C20H21NO4/c1-2-24-20(23)16-9-11-17(12-10-16)25-14-19(22)21-13-5-7-15-6-3-4-8-18(15)21/h3-4,6,8-12H,2,5,7,13-14H2,1H3. The fourth-order valence-electron chi connectivity index (χ4n) is 2.92. The number of amides is 1. The van der Waals surface area contributed by atoms with Crippen molar-refractivity contribution in [3.63, 3.8) is 0 Å². The van der Waals surface area contributed by atoms with E-state index in [0.29, 0.717) is 24.5 Å². The summed E-state index contributed by atoms with van der Waals surface area (Å²) in [5, 5.41) is 0. The zero-order chi connectivity index (χ0) is 17.6. The number of ether oxygens (including phenoxy) is 2. The van der Waals surface area contributed by atoms with E-state index in [2.05, 4.69) is 6.07 Å². The van der Waals surface area contributed by atoms with Crippen molar-refractivity contribution in [1.82, 2.24) is 0 Å². The van der Waals surface area contributed by atoms with Crippen LogP contribution in [0.4, 0.5) is 5.69 Å². The van der Waals surface area contributed by atoms with E-state index in [9.17, 15) is 9.59 Å². The first-order valence-corrected chi connectivity index (χ1v) is 8.47. The molecule has 5 nitrogen and oxygen atoms in total. The molecule has 0 saturated heterocycles. The van der Waals surface area contributed by atoms with Crippen molar-refractivity contribution in [2.45, 2.75) is 19.8 Å². The zero-order valence-corrected chi connectivity index (χ0v) is 14.2. The molecule has 25 heavy (non-hydrogen) atoms. The molecule has 0 bridgehead atoms. The zero-order valence-electron chi connectivity index (χ0n) is 14.2. The molecule has 0 saturated carbocycles. The predicted octanol–water partition coefficient (Wildman–Crippen LogP) is 3.22. The monoisotopic (exact) mass is 339 g/mol. The van der Waals surface area contributed by atoms with Gasteiger partial charge in [-0.1, -0.05) is 18.2 Å². The van der Waals surface area contributed by atoms with Gasteiger partial charge in [0.2, 0.25) is 0 Å². The minimum Gasteiger partial charge on any atom is -0.484 e. The minimum absolute atomic E-state index is 0.0346. The Bertz CT molecular complexity index is 755. The van der Waals surface area contributed by atoms with Gasteiger partial charge in [0.25, 0.3) is 5.91 Å². The molecule has 3 rings (SSSR count). The second-order valence-electron chi connectivity index (χ2n) is 5.81. The van der Waals surface area contributed by atoms with Crippen molar-refractivity contribution in [3.05, 3.63) is 59.7 Å². The van der Waals surface area contributed by atoms with Crippen LogP contribution >= 0.6 is 0 Å². The Morgan fingerprint density at radius 1 is 1.08 bits per heavy atom. The second-order valence-corrected chi connectivity index (χ2v) is 5.81. The van der Waals surface area contributed by atoms with Crippen LogP contribution in [0.3, 0.4) is 0 Å². The maximum absolute atomic E-state index is 12.5. The van der Waals surface area contributed by atoms with Gasteiger partial charge in [0.1, 0.15) is 5.75 Å². The molecule has 1 aliphatic rings. The molecule has 0 unspecified atom stereocenters. The summed E-state index contributed by atoms with van der Waals surface area (Å²) in [5.74, 6) is 0.114. The number of fused-ring (bicyclic) bond motifs is 1. The van der Waals surface area contributed by atoms with Crippen LogP contribution in [0.2, 0.25) is 0 Å². The summed E-state index contributed by atoms with van der Waals surface area (Å²) in [7, 11) is 0. The lowest BCUT2D eigenvalue weighted by Crippen LogP contribution is -2.38. The van der Waals surface area contributed by atoms with E-state index >= 15 is 0 Å². The van der Waals surface area contributed by atoms with Crippen LogP contribution in [0.5, 0.6) is 5.75 Å². The number of anilines is 1. The van der Waals surface area contributed by atoms with Gasteiger partial charge in [-0.05, 0) is 55.7 Å². The molecule has 0 atom stereocenters. The number of esters is 1. The summed E-state index contributed by atoms with van der Waals surface area (Å²) >= 11 is 0. The lowest BCUT2D eigenvalue weighted by atomic mass is 10.0. The lowest BCUT2D eigenvalue weighted by molar-refractivity contribution is -0.120. The third-order valence-electron chi connectivity index (χ3n) is 4.14. The van der Waals surface area contributed by atoms with Gasteiger partial charge >= 0.3 is 5.97 Å². The summed E-state index contributed by atoms with van der Waals surface area (Å²) in [5.41, 5.74) is 2.63. The van der Waals surface area contributed by atoms with E-state index in [-0.39, 0.29) is 18.5 Å². The predicted molar refractivity (Wildman–Crippen MR) is 95.0 cm³/mol. The maximum atomic E-state index is 12.5. The van der Waals surface area contributed by atoms with E-state index in [1.807, 2.05) is 18.2 Å². The number of hydrogen-bond acceptors (Lipinski definition) is 4. The van der Waals surface area contributed by atoms with Crippen LogP contribution in [0.15, 0.2) is 48.5 Å². The van der Waals surface area contributed by atoms with Crippen LogP contribution < -0.4 is 9.64 Å². The molecule has 0 spiro atoms. The van der Waals surface area contributed by atoms with Crippen molar-refractivity contribution in [2.24, 2.45) is 0 Å². The number of para-hydroxylation sites is 1. The normalized spacial score (nSPS) is 13.1. The molecule has 2 aromatic rings. The molecule has 1 heterocycles. The van der Waals surface area contributed by atoms with Crippen LogP contribution in [0.1, 0.15) is 29.3 Å². The number of nitrogens with zero attached hydrogens (tertiary/aromatic N) is 1. The number of benzene rings is 2. The largest absolute Gasteiger partial charge is 0.484 e. The Morgan fingerprint density at radius 2 is 1.84 bits per heavy atom. The quantitative estimate of drug-likeness (QED) is 0.785. The summed E-state index contributed by atoms with van der Waals surface area (Å²) in [6.45, 7) is 2.77. The second kappa shape index (κ2) is 7.83. The smallest absolute Gasteiger partial charge is 0.338 e. The van der Waals surface area contributed by atoms with E-state index < -0.39 is 0 Å². The molecule has 1 aliphatic heterocycles. The minimum atomic E-state index is -0.366. The highest BCUT2D eigenvalue weighted by molar-refractivity contribution is 5.95. The Balaban J connectivity index is 1.61. The number of aryl methyl sites for hydroxylation is 1. The van der Waals surface area contributed by atoms with Gasteiger partial charge in [-0.2, -0.15) is 0 Å². The highest BCUT2D eigenvalue weighted by Gasteiger charge is 2.22. The number of hydrogen-bond donors (Lipinski definition) is 0. The van der Waals surface area contributed by atoms with Gasteiger partial charge in [0.15, 0.2) is 6.61 Å². The van der Waals surface area contributed by atoms with Crippen molar-refractivity contribution in [2.75, 3.05) is 24.7 Å². The Kier molecular flexibility index (Phi) is 5.33. The molecule has 2 aromatic carbocycles. The first-order valence-electron chi connectivity index (χ1n) is 8.47. The maximum Gasteiger partial charge on any atom is 0.338 e. The topological polar surface area (TPSA) is 55.8 Å². The summed E-state index contributed by atoms with van der Waals surface area (Å²) < 4.78 is 10.5. The van der Waals surface area contributed by atoms with Crippen molar-refractivity contribution >= 4 is 17.6 Å². The highest BCUT2D eigenvalue weighted by Crippen LogP contribution is 2.26. The Morgan fingerprint density at radius 3 is 2.60 bits per heavy atom. The molecule has 0 radical (unpaired) electrons. The fraction of sp³-hybridized carbons (Fsp3) is 0.300. The number of carbonyl (C=O) groups excluding carboxylic acids is 2. The van der Waals surface area contributed by atoms with Crippen LogP contribution in [0, 0.1) is 0 Å². The third kappa shape index (κ3) is 3.99. The molecule has 130 valence electrons. The van der Waals surface area contributed by atoms with E-state index in [1.165, 1.54) is 5.56 Å². The SMILES string of the molecule is CCOC(=O)c1ccc(OCC(=O)N2CCCc3ccccc32)cc1. The highest BCUT2D eigenvalue weighted by atomic mass is 16.5. The molecule has 0 aliphatic carbocycles. The molecule has 5 heteroatoms. The van der Waals surface area contributed by atoms with Crippen molar-refractivity contribution in [1.29, 1.82) is 0 Å². The number of rotatable bonds is 5. The average molecular weight is 339 g/mol. The lowest BCUT2D eigenvalue weighted by Gasteiger charge is -2.29. The van der Waals surface area contributed by atoms with Gasteiger partial charge in [-0.15, -0.1) is 0 Å². The summed E-state index contributed by atoms with van der Waals surface area (Å²) in [6.07, 6.45) is 1.95. The Hall–Kier alpha value is -2.82. The van der Waals surface area contributed by atoms with Crippen molar-refractivity contribution < 1.29 is 19.1 Å². The molecule has 1 amide bonds. The van der Waals surface area contributed by atoms with Crippen LogP contribution in [-0.4, -0.2) is 31.6 Å². The summed E-state index contributed by atoms with van der Waals surface area (Å²) in [6, 6.07) is 14.6. The third-order valence-corrected chi connectivity index (χ3v) is 4.14. The summed E-state index contributed by atoms with van der Waals surface area (Å²) in [4.78, 5) is 25.9. The first-order chi connectivity index (χ1) is 12.2. The van der Waals surface area contributed by atoms with Gasteiger partial charge in [-0.3, -0.25) is 4.79 Å². The molecule has 0 fully saturated rings. The first kappa shape index (κ1) is 17.0. The molecule has 0 N–H and O–H groups in total. The van der Waals surface area contributed by atoms with Gasteiger partial charge in [0.05, 0.1) is 12.2 Å². The van der Waals surface area contributed by atoms with E-state index in [4.69, 9.17) is 9.47 Å². The molecular formula is C20H21NO4. The van der Waals surface area contributed by atoms with Crippen LogP contribution in [-0.2, 0) is 16.0 Å². The van der Waals surface area contributed by atoms with Gasteiger partial charge in [-0.25, -0.2) is 4.79 Å².